The second-order valence-corrected chi connectivity index (χ2v) is 4.69. The number of rotatable bonds is 5. The van der Waals surface area contributed by atoms with Crippen molar-refractivity contribution in [3.05, 3.63) is 0 Å². The van der Waals surface area contributed by atoms with Crippen LogP contribution in [0.2, 0.25) is 0 Å². The van der Waals surface area contributed by atoms with Gasteiger partial charge in [-0.1, -0.05) is 6.92 Å². The number of carbonyl (C=O) groups is 1. The summed E-state index contributed by atoms with van der Waals surface area (Å²) in [5, 5.41) is 6.25. The molecule has 1 heterocycles. The predicted octanol–water partition coefficient (Wildman–Crippen LogP) is -0.0902. The maximum absolute atomic E-state index is 11.7. The minimum Gasteiger partial charge on any atom is -0.356 e. The monoisotopic (exact) mass is 213 g/mol. The second-order valence-electron chi connectivity index (χ2n) is 4.69. The molecule has 0 radical (unpaired) electrons. The van der Waals surface area contributed by atoms with Gasteiger partial charge in [0.15, 0.2) is 0 Å². The smallest absolute Gasteiger partial charge is 0.224 e. The van der Waals surface area contributed by atoms with Crippen molar-refractivity contribution < 1.29 is 4.79 Å². The number of nitrogens with zero attached hydrogens (tertiary/aromatic N) is 1. The summed E-state index contributed by atoms with van der Waals surface area (Å²) < 4.78 is 0. The van der Waals surface area contributed by atoms with Crippen LogP contribution >= 0.6 is 0 Å². The van der Waals surface area contributed by atoms with E-state index in [1.807, 2.05) is 14.1 Å². The first-order valence-corrected chi connectivity index (χ1v) is 5.74. The molecule has 0 aromatic heterocycles. The highest BCUT2D eigenvalue weighted by Crippen LogP contribution is 2.15. The average Bonchev–Trinajstić information content (AvgIpc) is 2.58. The largest absolute Gasteiger partial charge is 0.356 e. The van der Waals surface area contributed by atoms with Crippen molar-refractivity contribution in [2.45, 2.75) is 13.3 Å². The van der Waals surface area contributed by atoms with E-state index in [0.29, 0.717) is 5.92 Å². The molecule has 1 aliphatic heterocycles. The third kappa shape index (κ3) is 4.18. The predicted molar refractivity (Wildman–Crippen MR) is 61.7 cm³/mol. The van der Waals surface area contributed by atoms with Gasteiger partial charge in [-0.15, -0.1) is 0 Å². The molecule has 4 heteroatoms. The Morgan fingerprint density at radius 2 is 2.20 bits per heavy atom. The summed E-state index contributed by atoms with van der Waals surface area (Å²) in [5.41, 5.74) is 0. The van der Waals surface area contributed by atoms with Gasteiger partial charge in [0.1, 0.15) is 0 Å². The third-order valence-corrected chi connectivity index (χ3v) is 2.94. The molecule has 0 bridgehead atoms. The zero-order valence-electron chi connectivity index (χ0n) is 10.0. The Bertz CT molecular complexity index is 206. The molecule has 1 aliphatic rings. The molecule has 2 unspecified atom stereocenters. The highest BCUT2D eigenvalue weighted by molar-refractivity contribution is 5.79. The van der Waals surface area contributed by atoms with Crippen LogP contribution in [-0.2, 0) is 4.79 Å². The molecule has 1 saturated heterocycles. The van der Waals surface area contributed by atoms with E-state index in [2.05, 4.69) is 22.5 Å². The molecule has 0 aromatic carbocycles. The van der Waals surface area contributed by atoms with Gasteiger partial charge in [0.2, 0.25) is 5.91 Å². The van der Waals surface area contributed by atoms with Crippen LogP contribution in [0.3, 0.4) is 0 Å². The Morgan fingerprint density at radius 3 is 2.73 bits per heavy atom. The maximum Gasteiger partial charge on any atom is 0.224 e. The minimum absolute atomic E-state index is 0.171. The van der Waals surface area contributed by atoms with Crippen LogP contribution in [0.15, 0.2) is 0 Å². The van der Waals surface area contributed by atoms with E-state index < -0.39 is 0 Å². The summed E-state index contributed by atoms with van der Waals surface area (Å²) in [6, 6.07) is 0. The fourth-order valence-corrected chi connectivity index (χ4v) is 1.90. The summed E-state index contributed by atoms with van der Waals surface area (Å²) in [5.74, 6) is 0.856. The van der Waals surface area contributed by atoms with E-state index in [0.717, 1.165) is 32.6 Å². The first-order chi connectivity index (χ1) is 7.11. The fourth-order valence-electron chi connectivity index (χ4n) is 1.90. The molecular formula is C11H23N3O. The molecule has 1 amide bonds. The lowest BCUT2D eigenvalue weighted by atomic mass is 9.97. The maximum atomic E-state index is 11.7. The molecule has 15 heavy (non-hydrogen) atoms. The van der Waals surface area contributed by atoms with Crippen molar-refractivity contribution in [2.75, 3.05) is 40.3 Å². The highest BCUT2D eigenvalue weighted by atomic mass is 16.1. The molecule has 88 valence electrons. The molecule has 4 nitrogen and oxygen atoms in total. The standard InChI is InChI=1S/C11H23N3O/c1-9-7-12-8-10(9)11(15)13-5-4-6-14(2)3/h9-10,12H,4-8H2,1-3H3,(H,13,15). The number of hydrogen-bond donors (Lipinski definition) is 2. The zero-order chi connectivity index (χ0) is 11.3. The Balaban J connectivity index is 2.13. The van der Waals surface area contributed by atoms with Gasteiger partial charge in [0.25, 0.3) is 0 Å². The topological polar surface area (TPSA) is 44.4 Å². The van der Waals surface area contributed by atoms with Gasteiger partial charge < -0.3 is 15.5 Å². The van der Waals surface area contributed by atoms with Gasteiger partial charge in [-0.05, 0) is 39.5 Å². The van der Waals surface area contributed by atoms with E-state index >= 15 is 0 Å². The van der Waals surface area contributed by atoms with Crippen molar-refractivity contribution in [3.8, 4) is 0 Å². The third-order valence-electron chi connectivity index (χ3n) is 2.94. The van der Waals surface area contributed by atoms with E-state index in [-0.39, 0.29) is 11.8 Å². The van der Waals surface area contributed by atoms with E-state index in [4.69, 9.17) is 0 Å². The van der Waals surface area contributed by atoms with Crippen LogP contribution in [0.4, 0.5) is 0 Å². The van der Waals surface area contributed by atoms with Crippen LogP contribution in [0.1, 0.15) is 13.3 Å². The van der Waals surface area contributed by atoms with Crippen LogP contribution in [0, 0.1) is 11.8 Å². The van der Waals surface area contributed by atoms with Crippen LogP contribution < -0.4 is 10.6 Å². The molecule has 0 saturated carbocycles. The van der Waals surface area contributed by atoms with E-state index in [1.54, 1.807) is 0 Å². The number of nitrogens with one attached hydrogen (secondary N) is 2. The van der Waals surface area contributed by atoms with Crippen LogP contribution in [-0.4, -0.2) is 51.1 Å². The summed E-state index contributed by atoms with van der Waals surface area (Å²) in [6.45, 7) is 5.75. The molecular weight excluding hydrogens is 190 g/mol. The van der Waals surface area contributed by atoms with Gasteiger partial charge in [-0.2, -0.15) is 0 Å². The summed E-state index contributed by atoms with van der Waals surface area (Å²) >= 11 is 0. The Hall–Kier alpha value is -0.610. The van der Waals surface area contributed by atoms with Crippen molar-refractivity contribution in [1.82, 2.24) is 15.5 Å². The first kappa shape index (κ1) is 12.5. The summed E-state index contributed by atoms with van der Waals surface area (Å²) in [7, 11) is 4.09. The average molecular weight is 213 g/mol. The molecule has 2 atom stereocenters. The Kier molecular flexibility index (Phi) is 5.05. The summed E-state index contributed by atoms with van der Waals surface area (Å²) in [6.07, 6.45) is 1.02. The Labute approximate surface area is 92.4 Å². The fraction of sp³-hybridized carbons (Fsp3) is 0.909. The first-order valence-electron chi connectivity index (χ1n) is 5.74. The molecule has 1 rings (SSSR count). The normalized spacial score (nSPS) is 25.9. The second kappa shape index (κ2) is 6.08. The molecule has 0 aliphatic carbocycles. The SMILES string of the molecule is CC1CNCC1C(=O)NCCCN(C)C. The van der Waals surface area contributed by atoms with Gasteiger partial charge in [-0.3, -0.25) is 4.79 Å². The summed E-state index contributed by atoms with van der Waals surface area (Å²) in [4.78, 5) is 13.9. The lowest BCUT2D eigenvalue weighted by Crippen LogP contribution is -2.35. The lowest BCUT2D eigenvalue weighted by molar-refractivity contribution is -0.125. The van der Waals surface area contributed by atoms with Crippen LogP contribution in [0.25, 0.3) is 0 Å². The van der Waals surface area contributed by atoms with E-state index in [1.165, 1.54) is 0 Å². The molecule has 0 spiro atoms. The van der Waals surface area contributed by atoms with Crippen molar-refractivity contribution in [3.63, 3.8) is 0 Å². The molecule has 0 aromatic rings. The number of carbonyl (C=O) groups excluding carboxylic acids is 1. The van der Waals surface area contributed by atoms with Crippen molar-refractivity contribution in [1.29, 1.82) is 0 Å². The van der Waals surface area contributed by atoms with Crippen molar-refractivity contribution >= 4 is 5.91 Å². The van der Waals surface area contributed by atoms with Crippen LogP contribution in [0.5, 0.6) is 0 Å². The molecule has 2 N–H and O–H groups in total. The highest BCUT2D eigenvalue weighted by Gasteiger charge is 2.28. The van der Waals surface area contributed by atoms with Gasteiger partial charge in [0, 0.05) is 13.1 Å². The van der Waals surface area contributed by atoms with Gasteiger partial charge >= 0.3 is 0 Å². The quantitative estimate of drug-likeness (QED) is 0.627. The van der Waals surface area contributed by atoms with Gasteiger partial charge in [0.05, 0.1) is 5.92 Å². The van der Waals surface area contributed by atoms with Gasteiger partial charge in [-0.25, -0.2) is 0 Å². The van der Waals surface area contributed by atoms with Crippen molar-refractivity contribution in [2.24, 2.45) is 11.8 Å². The molecule has 1 fully saturated rings. The number of amides is 1. The minimum atomic E-state index is 0.171. The zero-order valence-corrected chi connectivity index (χ0v) is 10.0. The lowest BCUT2D eigenvalue weighted by Gasteiger charge is -2.15. The number of hydrogen-bond acceptors (Lipinski definition) is 3. The van der Waals surface area contributed by atoms with E-state index in [9.17, 15) is 4.79 Å². The Morgan fingerprint density at radius 1 is 1.47 bits per heavy atom.